The third-order valence-corrected chi connectivity index (χ3v) is 2.29. The standard InChI is InChI=1S/C13H17FN2O/c1-16(7-8-17)10-11-4-5-13(14)12(9-11)3-2-6-15/h4-5,9,17H,6-8,10,15H2,1H3. The lowest BCUT2D eigenvalue weighted by molar-refractivity contribution is 0.217. The SMILES string of the molecule is CN(CCO)Cc1ccc(F)c(C#CCN)c1. The summed E-state index contributed by atoms with van der Waals surface area (Å²) in [4.78, 5) is 1.95. The van der Waals surface area contributed by atoms with E-state index in [4.69, 9.17) is 10.8 Å². The number of nitrogens with zero attached hydrogens (tertiary/aromatic N) is 1. The number of benzene rings is 1. The molecule has 0 saturated carbocycles. The van der Waals surface area contributed by atoms with Gasteiger partial charge in [0.15, 0.2) is 0 Å². The van der Waals surface area contributed by atoms with Crippen LogP contribution in [0.5, 0.6) is 0 Å². The van der Waals surface area contributed by atoms with E-state index in [0.717, 1.165) is 5.56 Å². The summed E-state index contributed by atoms with van der Waals surface area (Å²) in [5, 5.41) is 8.79. The van der Waals surface area contributed by atoms with Crippen molar-refractivity contribution in [1.82, 2.24) is 4.90 Å². The average Bonchev–Trinajstić information content (AvgIpc) is 2.30. The van der Waals surface area contributed by atoms with E-state index in [1.807, 2.05) is 11.9 Å². The highest BCUT2D eigenvalue weighted by molar-refractivity contribution is 5.38. The summed E-state index contributed by atoms with van der Waals surface area (Å²) >= 11 is 0. The van der Waals surface area contributed by atoms with E-state index >= 15 is 0 Å². The van der Waals surface area contributed by atoms with Crippen molar-refractivity contribution in [3.63, 3.8) is 0 Å². The van der Waals surface area contributed by atoms with Gasteiger partial charge in [-0.05, 0) is 24.7 Å². The van der Waals surface area contributed by atoms with Crippen molar-refractivity contribution in [1.29, 1.82) is 0 Å². The number of hydrogen-bond acceptors (Lipinski definition) is 3. The van der Waals surface area contributed by atoms with Crippen LogP contribution in [0.3, 0.4) is 0 Å². The van der Waals surface area contributed by atoms with Gasteiger partial charge in [-0.2, -0.15) is 0 Å². The molecule has 0 amide bonds. The quantitative estimate of drug-likeness (QED) is 0.751. The number of rotatable bonds is 4. The molecule has 0 radical (unpaired) electrons. The maximum Gasteiger partial charge on any atom is 0.138 e. The van der Waals surface area contributed by atoms with Crippen molar-refractivity contribution in [2.75, 3.05) is 26.7 Å². The smallest absolute Gasteiger partial charge is 0.138 e. The lowest BCUT2D eigenvalue weighted by Gasteiger charge is -2.15. The highest BCUT2D eigenvalue weighted by Crippen LogP contribution is 2.11. The highest BCUT2D eigenvalue weighted by Gasteiger charge is 2.03. The Bertz CT molecular complexity index is 423. The Morgan fingerprint density at radius 2 is 2.24 bits per heavy atom. The van der Waals surface area contributed by atoms with Crippen LogP contribution in [0.1, 0.15) is 11.1 Å². The predicted molar refractivity (Wildman–Crippen MR) is 65.8 cm³/mol. The second kappa shape index (κ2) is 7.02. The minimum Gasteiger partial charge on any atom is -0.395 e. The third-order valence-electron chi connectivity index (χ3n) is 2.29. The molecule has 3 N–H and O–H groups in total. The monoisotopic (exact) mass is 236 g/mol. The van der Waals surface area contributed by atoms with E-state index in [2.05, 4.69) is 11.8 Å². The number of nitrogens with two attached hydrogens (primary N) is 1. The molecule has 0 aromatic heterocycles. The van der Waals surface area contributed by atoms with Crippen LogP contribution in [-0.4, -0.2) is 36.8 Å². The molecule has 0 aliphatic carbocycles. The minimum absolute atomic E-state index is 0.109. The van der Waals surface area contributed by atoms with Crippen molar-refractivity contribution in [3.05, 3.63) is 35.1 Å². The van der Waals surface area contributed by atoms with Crippen molar-refractivity contribution in [2.24, 2.45) is 5.73 Å². The summed E-state index contributed by atoms with van der Waals surface area (Å²) in [5.41, 5.74) is 6.58. The van der Waals surface area contributed by atoms with Crippen LogP contribution in [0.2, 0.25) is 0 Å². The van der Waals surface area contributed by atoms with Crippen LogP contribution in [-0.2, 0) is 6.54 Å². The van der Waals surface area contributed by atoms with Gasteiger partial charge in [0.05, 0.1) is 18.7 Å². The van der Waals surface area contributed by atoms with Crippen molar-refractivity contribution in [2.45, 2.75) is 6.54 Å². The maximum absolute atomic E-state index is 13.4. The summed E-state index contributed by atoms with van der Waals surface area (Å²) in [6.07, 6.45) is 0. The first kappa shape index (κ1) is 13.7. The number of halogens is 1. The molecule has 1 aromatic carbocycles. The second-order valence-corrected chi connectivity index (χ2v) is 3.78. The molecular formula is C13H17FN2O. The third kappa shape index (κ3) is 4.53. The van der Waals surface area contributed by atoms with E-state index in [-0.39, 0.29) is 19.0 Å². The van der Waals surface area contributed by atoms with Crippen molar-refractivity contribution >= 4 is 0 Å². The fourth-order valence-corrected chi connectivity index (χ4v) is 1.47. The van der Waals surface area contributed by atoms with Gasteiger partial charge in [-0.1, -0.05) is 17.9 Å². The fourth-order valence-electron chi connectivity index (χ4n) is 1.47. The van der Waals surface area contributed by atoms with E-state index in [1.54, 1.807) is 12.1 Å². The molecule has 1 aromatic rings. The molecule has 0 saturated heterocycles. The van der Waals surface area contributed by atoms with Gasteiger partial charge in [-0.25, -0.2) is 4.39 Å². The first-order valence-corrected chi connectivity index (χ1v) is 5.44. The first-order chi connectivity index (χ1) is 8.17. The zero-order valence-electron chi connectivity index (χ0n) is 9.91. The summed E-state index contributed by atoms with van der Waals surface area (Å²) < 4.78 is 13.4. The van der Waals surface area contributed by atoms with Gasteiger partial charge < -0.3 is 10.8 Å². The Morgan fingerprint density at radius 1 is 1.47 bits per heavy atom. The zero-order chi connectivity index (χ0) is 12.7. The van der Waals surface area contributed by atoms with E-state index in [9.17, 15) is 4.39 Å². The van der Waals surface area contributed by atoms with Crippen LogP contribution in [0, 0.1) is 17.7 Å². The predicted octanol–water partition coefficient (Wildman–Crippen LogP) is 0.560. The topological polar surface area (TPSA) is 49.5 Å². The fraction of sp³-hybridized carbons (Fsp3) is 0.385. The average molecular weight is 236 g/mol. The molecule has 0 bridgehead atoms. The van der Waals surface area contributed by atoms with E-state index in [1.165, 1.54) is 6.07 Å². The number of aliphatic hydroxyl groups is 1. The molecule has 3 nitrogen and oxygen atoms in total. The largest absolute Gasteiger partial charge is 0.395 e. The summed E-state index contributed by atoms with van der Waals surface area (Å²) in [7, 11) is 1.89. The molecule has 0 aliphatic heterocycles. The lowest BCUT2D eigenvalue weighted by atomic mass is 10.1. The lowest BCUT2D eigenvalue weighted by Crippen LogP contribution is -2.21. The molecule has 0 atom stereocenters. The van der Waals surface area contributed by atoms with Gasteiger partial charge in [0.2, 0.25) is 0 Å². The molecule has 0 fully saturated rings. The number of aliphatic hydroxyl groups excluding tert-OH is 1. The highest BCUT2D eigenvalue weighted by atomic mass is 19.1. The molecule has 0 spiro atoms. The summed E-state index contributed by atoms with van der Waals surface area (Å²) in [6, 6.07) is 4.84. The molecule has 0 heterocycles. The van der Waals surface area contributed by atoms with Crippen molar-refractivity contribution in [3.8, 4) is 11.8 Å². The van der Waals surface area contributed by atoms with Crippen LogP contribution < -0.4 is 5.73 Å². The van der Waals surface area contributed by atoms with Gasteiger partial charge in [-0.15, -0.1) is 0 Å². The van der Waals surface area contributed by atoms with Crippen LogP contribution in [0.25, 0.3) is 0 Å². The molecule has 0 unspecified atom stereocenters. The molecule has 4 heteroatoms. The first-order valence-electron chi connectivity index (χ1n) is 5.44. The maximum atomic E-state index is 13.4. The van der Waals surface area contributed by atoms with Gasteiger partial charge in [0.25, 0.3) is 0 Å². The molecule has 0 aliphatic rings. The molecule has 17 heavy (non-hydrogen) atoms. The normalized spacial score (nSPS) is 10.2. The minimum atomic E-state index is -0.334. The Morgan fingerprint density at radius 3 is 2.88 bits per heavy atom. The van der Waals surface area contributed by atoms with E-state index in [0.29, 0.717) is 18.7 Å². The second-order valence-electron chi connectivity index (χ2n) is 3.78. The molecule has 92 valence electrons. The van der Waals surface area contributed by atoms with Gasteiger partial charge >= 0.3 is 0 Å². The Kier molecular flexibility index (Phi) is 5.64. The van der Waals surface area contributed by atoms with Crippen molar-refractivity contribution < 1.29 is 9.50 Å². The molecular weight excluding hydrogens is 219 g/mol. The Hall–Kier alpha value is -1.41. The van der Waals surface area contributed by atoms with Gasteiger partial charge in [0.1, 0.15) is 5.82 Å². The Balaban J connectivity index is 2.81. The number of hydrogen-bond donors (Lipinski definition) is 2. The summed E-state index contributed by atoms with van der Waals surface area (Å²) in [5.74, 6) is 5.00. The van der Waals surface area contributed by atoms with Gasteiger partial charge in [-0.3, -0.25) is 4.90 Å². The van der Waals surface area contributed by atoms with E-state index < -0.39 is 0 Å². The molecule has 1 rings (SSSR count). The summed E-state index contributed by atoms with van der Waals surface area (Å²) in [6.45, 7) is 1.56. The number of likely N-dealkylation sites (N-methyl/N-ethyl adjacent to an activating group) is 1. The Labute approximate surface area is 101 Å². The van der Waals surface area contributed by atoms with Crippen LogP contribution >= 0.6 is 0 Å². The van der Waals surface area contributed by atoms with Gasteiger partial charge in [0, 0.05) is 13.1 Å². The van der Waals surface area contributed by atoms with Crippen LogP contribution in [0.15, 0.2) is 18.2 Å². The van der Waals surface area contributed by atoms with Crippen LogP contribution in [0.4, 0.5) is 4.39 Å². The zero-order valence-corrected chi connectivity index (χ0v) is 9.91.